The van der Waals surface area contributed by atoms with Crippen LogP contribution in [-0.2, 0) is 0 Å². The molecular weight excluding hydrogens is 208 g/mol. The van der Waals surface area contributed by atoms with Crippen LogP contribution in [0.1, 0.15) is 0 Å². The van der Waals surface area contributed by atoms with Gasteiger partial charge in [0.05, 0.1) is 11.6 Å². The second-order valence-electron chi connectivity index (χ2n) is 3.21. The van der Waals surface area contributed by atoms with Crippen LogP contribution in [0.2, 0.25) is 0 Å². The SMILES string of the molecule is Nc1nc(N)n(-c2nccc3occc23)n1. The highest BCUT2D eigenvalue weighted by Gasteiger charge is 2.12. The Hall–Kier alpha value is -2.57. The van der Waals surface area contributed by atoms with Crippen molar-refractivity contribution in [3.63, 3.8) is 0 Å². The summed E-state index contributed by atoms with van der Waals surface area (Å²) in [7, 11) is 0. The molecule has 3 aromatic rings. The molecule has 0 amide bonds. The van der Waals surface area contributed by atoms with Crippen molar-refractivity contribution < 1.29 is 4.42 Å². The third-order valence-corrected chi connectivity index (χ3v) is 2.21. The molecule has 0 radical (unpaired) electrons. The lowest BCUT2D eigenvalue weighted by molar-refractivity contribution is 0.615. The second kappa shape index (κ2) is 2.96. The van der Waals surface area contributed by atoms with Crippen LogP contribution in [0.5, 0.6) is 0 Å². The monoisotopic (exact) mass is 216 g/mol. The lowest BCUT2D eigenvalue weighted by atomic mass is 10.3. The average molecular weight is 216 g/mol. The predicted octanol–water partition coefficient (Wildman–Crippen LogP) is 0.573. The molecule has 0 spiro atoms. The summed E-state index contributed by atoms with van der Waals surface area (Å²) in [4.78, 5) is 8.00. The fraction of sp³-hybridized carbons (Fsp3) is 0. The smallest absolute Gasteiger partial charge is 0.241 e. The number of pyridine rings is 1. The molecule has 0 aliphatic rings. The van der Waals surface area contributed by atoms with Gasteiger partial charge in [-0.2, -0.15) is 9.67 Å². The van der Waals surface area contributed by atoms with E-state index in [0.29, 0.717) is 11.4 Å². The van der Waals surface area contributed by atoms with Crippen LogP contribution in [0, 0.1) is 0 Å². The van der Waals surface area contributed by atoms with Crippen molar-refractivity contribution in [2.45, 2.75) is 0 Å². The Morgan fingerprint density at radius 1 is 1.25 bits per heavy atom. The van der Waals surface area contributed by atoms with Gasteiger partial charge in [0.15, 0.2) is 5.82 Å². The quantitative estimate of drug-likeness (QED) is 0.615. The third kappa shape index (κ3) is 1.11. The first-order valence-electron chi connectivity index (χ1n) is 4.56. The summed E-state index contributed by atoms with van der Waals surface area (Å²) in [5, 5.41) is 4.77. The Morgan fingerprint density at radius 2 is 2.12 bits per heavy atom. The summed E-state index contributed by atoms with van der Waals surface area (Å²) in [6.45, 7) is 0. The highest BCUT2D eigenvalue weighted by Crippen LogP contribution is 2.22. The van der Waals surface area contributed by atoms with E-state index in [1.54, 1.807) is 24.6 Å². The summed E-state index contributed by atoms with van der Waals surface area (Å²) in [5.74, 6) is 0.853. The first-order valence-corrected chi connectivity index (χ1v) is 4.56. The van der Waals surface area contributed by atoms with E-state index >= 15 is 0 Å². The summed E-state index contributed by atoms with van der Waals surface area (Å²) in [6.07, 6.45) is 3.19. The van der Waals surface area contributed by atoms with E-state index < -0.39 is 0 Å². The lowest BCUT2D eigenvalue weighted by Crippen LogP contribution is -2.04. The van der Waals surface area contributed by atoms with Crippen molar-refractivity contribution in [1.29, 1.82) is 0 Å². The summed E-state index contributed by atoms with van der Waals surface area (Å²) in [5.41, 5.74) is 11.8. The van der Waals surface area contributed by atoms with E-state index in [4.69, 9.17) is 15.9 Å². The Balaban J connectivity index is 2.33. The normalized spacial score (nSPS) is 11.0. The lowest BCUT2D eigenvalue weighted by Gasteiger charge is -2.01. The van der Waals surface area contributed by atoms with Gasteiger partial charge >= 0.3 is 0 Å². The molecule has 3 aromatic heterocycles. The largest absolute Gasteiger partial charge is 0.464 e. The summed E-state index contributed by atoms with van der Waals surface area (Å²) >= 11 is 0. The van der Waals surface area contributed by atoms with Crippen LogP contribution in [-0.4, -0.2) is 19.7 Å². The molecule has 0 saturated heterocycles. The van der Waals surface area contributed by atoms with Crippen LogP contribution in [0.15, 0.2) is 29.0 Å². The maximum Gasteiger partial charge on any atom is 0.241 e. The summed E-state index contributed by atoms with van der Waals surface area (Å²) < 4.78 is 6.64. The molecule has 0 atom stereocenters. The molecule has 80 valence electrons. The van der Waals surface area contributed by atoms with Gasteiger partial charge in [-0.05, 0) is 12.1 Å². The second-order valence-corrected chi connectivity index (χ2v) is 3.21. The van der Waals surface area contributed by atoms with Crippen molar-refractivity contribution in [3.05, 3.63) is 24.6 Å². The Bertz CT molecular complexity index is 655. The van der Waals surface area contributed by atoms with E-state index in [1.165, 1.54) is 4.68 Å². The minimum absolute atomic E-state index is 0.111. The minimum atomic E-state index is 0.111. The molecule has 0 aliphatic heterocycles. The Labute approximate surface area is 89.7 Å². The number of anilines is 2. The number of rotatable bonds is 1. The molecule has 0 unspecified atom stereocenters. The van der Waals surface area contributed by atoms with E-state index in [1.807, 2.05) is 0 Å². The third-order valence-electron chi connectivity index (χ3n) is 2.21. The molecule has 3 rings (SSSR count). The van der Waals surface area contributed by atoms with Gasteiger partial charge in [-0.3, -0.25) is 0 Å². The zero-order chi connectivity index (χ0) is 11.1. The Kier molecular flexibility index (Phi) is 1.61. The van der Waals surface area contributed by atoms with E-state index in [2.05, 4.69) is 15.1 Å². The molecule has 16 heavy (non-hydrogen) atoms. The van der Waals surface area contributed by atoms with Gasteiger partial charge in [-0.1, -0.05) is 0 Å². The fourth-order valence-electron chi connectivity index (χ4n) is 1.55. The summed E-state index contributed by atoms with van der Waals surface area (Å²) in [6, 6.07) is 3.55. The molecule has 0 saturated carbocycles. The molecular formula is C9H8N6O. The fourth-order valence-corrected chi connectivity index (χ4v) is 1.55. The van der Waals surface area contributed by atoms with Gasteiger partial charge in [0.2, 0.25) is 11.9 Å². The first kappa shape index (κ1) is 8.72. The van der Waals surface area contributed by atoms with Gasteiger partial charge < -0.3 is 15.9 Å². The number of hydrogen-bond acceptors (Lipinski definition) is 6. The number of furan rings is 1. The van der Waals surface area contributed by atoms with Crippen molar-refractivity contribution in [1.82, 2.24) is 19.7 Å². The average Bonchev–Trinajstić information content (AvgIpc) is 2.84. The van der Waals surface area contributed by atoms with Crippen LogP contribution < -0.4 is 11.5 Å². The van der Waals surface area contributed by atoms with Gasteiger partial charge in [0.1, 0.15) is 5.58 Å². The van der Waals surface area contributed by atoms with Crippen LogP contribution in [0.25, 0.3) is 16.8 Å². The van der Waals surface area contributed by atoms with Crippen molar-refractivity contribution in [2.75, 3.05) is 11.5 Å². The maximum absolute atomic E-state index is 5.67. The maximum atomic E-state index is 5.67. The first-order chi connectivity index (χ1) is 7.75. The number of nitrogen functional groups attached to an aromatic ring is 2. The van der Waals surface area contributed by atoms with Crippen molar-refractivity contribution in [3.8, 4) is 5.82 Å². The molecule has 7 heteroatoms. The molecule has 0 aliphatic carbocycles. The number of nitrogens with two attached hydrogens (primary N) is 2. The van der Waals surface area contributed by atoms with Gasteiger partial charge in [0, 0.05) is 6.20 Å². The molecule has 0 bridgehead atoms. The zero-order valence-electron chi connectivity index (χ0n) is 8.16. The van der Waals surface area contributed by atoms with Crippen molar-refractivity contribution in [2.24, 2.45) is 0 Å². The topological polar surface area (TPSA) is 109 Å². The minimum Gasteiger partial charge on any atom is -0.464 e. The molecule has 3 heterocycles. The van der Waals surface area contributed by atoms with Gasteiger partial charge in [-0.25, -0.2) is 4.98 Å². The number of aromatic nitrogens is 4. The molecule has 4 N–H and O–H groups in total. The van der Waals surface area contributed by atoms with Crippen LogP contribution >= 0.6 is 0 Å². The van der Waals surface area contributed by atoms with Crippen molar-refractivity contribution >= 4 is 22.9 Å². The van der Waals surface area contributed by atoms with Crippen LogP contribution in [0.3, 0.4) is 0 Å². The predicted molar refractivity (Wildman–Crippen MR) is 57.8 cm³/mol. The number of hydrogen-bond donors (Lipinski definition) is 2. The van der Waals surface area contributed by atoms with E-state index in [9.17, 15) is 0 Å². The molecule has 7 nitrogen and oxygen atoms in total. The molecule has 0 fully saturated rings. The highest BCUT2D eigenvalue weighted by molar-refractivity contribution is 5.84. The van der Waals surface area contributed by atoms with E-state index in [-0.39, 0.29) is 11.9 Å². The molecule has 0 aromatic carbocycles. The zero-order valence-corrected chi connectivity index (χ0v) is 8.16. The van der Waals surface area contributed by atoms with Gasteiger partial charge in [0.25, 0.3) is 0 Å². The Morgan fingerprint density at radius 3 is 2.88 bits per heavy atom. The number of fused-ring (bicyclic) bond motifs is 1. The standard InChI is InChI=1S/C9H8N6O/c10-8-13-9(11)15(14-8)7-5-2-4-16-6(5)1-3-12-7/h1-4H,(H4,10,11,13,14). The number of nitrogens with zero attached hydrogens (tertiary/aromatic N) is 4. The van der Waals surface area contributed by atoms with E-state index in [0.717, 1.165) is 5.39 Å². The highest BCUT2D eigenvalue weighted by atomic mass is 16.3. The van der Waals surface area contributed by atoms with Crippen LogP contribution in [0.4, 0.5) is 11.9 Å². The van der Waals surface area contributed by atoms with Gasteiger partial charge in [-0.15, -0.1) is 5.10 Å².